The van der Waals surface area contributed by atoms with Gasteiger partial charge in [-0.3, -0.25) is 0 Å². The summed E-state index contributed by atoms with van der Waals surface area (Å²) in [4.78, 5) is 14.5. The minimum absolute atomic E-state index is 0.0607. The smallest absolute Gasteiger partial charge is 0.319 e. The molecule has 2 amide bonds. The van der Waals surface area contributed by atoms with Crippen LogP contribution in [0.3, 0.4) is 0 Å². The molecule has 2 aromatic carbocycles. The van der Waals surface area contributed by atoms with Crippen LogP contribution in [-0.2, 0) is 0 Å². The zero-order valence-corrected chi connectivity index (χ0v) is 14.9. The quantitative estimate of drug-likeness (QED) is 0.834. The maximum Gasteiger partial charge on any atom is 0.319 e. The zero-order valence-electron chi connectivity index (χ0n) is 14.9. The van der Waals surface area contributed by atoms with E-state index in [1.807, 2.05) is 62.6 Å². The van der Waals surface area contributed by atoms with Crippen molar-refractivity contribution in [2.24, 2.45) is 0 Å². The van der Waals surface area contributed by atoms with Gasteiger partial charge in [-0.2, -0.15) is 0 Å². The summed E-state index contributed by atoms with van der Waals surface area (Å²) in [5.41, 5.74) is 3.12. The van der Waals surface area contributed by atoms with E-state index in [4.69, 9.17) is 0 Å². The van der Waals surface area contributed by atoms with Gasteiger partial charge in [0.25, 0.3) is 0 Å². The average molecular weight is 325 g/mol. The van der Waals surface area contributed by atoms with Crippen LogP contribution in [0.5, 0.6) is 0 Å². The molecular formula is C20H27N3O. The van der Waals surface area contributed by atoms with Crippen LogP contribution in [-0.4, -0.2) is 31.6 Å². The first kappa shape index (κ1) is 18.0. The summed E-state index contributed by atoms with van der Waals surface area (Å²) in [5, 5.41) is 6.01. The highest BCUT2D eigenvalue weighted by atomic mass is 16.2. The highest BCUT2D eigenvalue weighted by Gasteiger charge is 2.15. The third-order valence-electron chi connectivity index (χ3n) is 3.87. The fourth-order valence-electron chi connectivity index (χ4n) is 2.59. The molecule has 2 rings (SSSR count). The summed E-state index contributed by atoms with van der Waals surface area (Å²) in [7, 11) is 4.00. The Kier molecular flexibility index (Phi) is 6.38. The van der Waals surface area contributed by atoms with Crippen molar-refractivity contribution >= 4 is 11.7 Å². The minimum Gasteiger partial charge on any atom is -0.330 e. The van der Waals surface area contributed by atoms with Gasteiger partial charge in [0.2, 0.25) is 0 Å². The Morgan fingerprint density at radius 2 is 1.67 bits per heavy atom. The normalized spacial score (nSPS) is 12.2. The van der Waals surface area contributed by atoms with Crippen LogP contribution in [0.4, 0.5) is 10.5 Å². The molecule has 1 atom stereocenters. The second-order valence-corrected chi connectivity index (χ2v) is 6.60. The Balaban J connectivity index is 2.06. The van der Waals surface area contributed by atoms with Crippen LogP contribution in [0.25, 0.3) is 0 Å². The van der Waals surface area contributed by atoms with Crippen LogP contribution in [0.2, 0.25) is 0 Å². The Labute approximate surface area is 144 Å². The maximum atomic E-state index is 12.4. The second-order valence-electron chi connectivity index (χ2n) is 6.60. The maximum absolute atomic E-state index is 12.4. The van der Waals surface area contributed by atoms with Gasteiger partial charge < -0.3 is 15.5 Å². The van der Waals surface area contributed by atoms with E-state index in [2.05, 4.69) is 35.4 Å². The molecule has 0 radical (unpaired) electrons. The van der Waals surface area contributed by atoms with Gasteiger partial charge in [-0.15, -0.1) is 0 Å². The van der Waals surface area contributed by atoms with Crippen LogP contribution in [0.1, 0.15) is 36.9 Å². The highest BCUT2D eigenvalue weighted by molar-refractivity contribution is 5.89. The molecule has 0 heterocycles. The molecule has 0 aliphatic rings. The minimum atomic E-state index is -0.188. The van der Waals surface area contributed by atoms with Crippen molar-refractivity contribution in [3.63, 3.8) is 0 Å². The van der Waals surface area contributed by atoms with Crippen LogP contribution in [0.15, 0.2) is 54.6 Å². The number of rotatable bonds is 6. The van der Waals surface area contributed by atoms with Crippen molar-refractivity contribution < 1.29 is 4.79 Å². The van der Waals surface area contributed by atoms with E-state index >= 15 is 0 Å². The van der Waals surface area contributed by atoms with E-state index in [1.54, 1.807) is 0 Å². The second kappa shape index (κ2) is 8.50. The molecule has 0 spiro atoms. The van der Waals surface area contributed by atoms with Crippen molar-refractivity contribution in [3.05, 3.63) is 65.7 Å². The molecule has 0 aliphatic carbocycles. The van der Waals surface area contributed by atoms with Crippen LogP contribution < -0.4 is 10.6 Å². The number of carbonyl (C=O) groups is 1. The topological polar surface area (TPSA) is 44.4 Å². The zero-order chi connectivity index (χ0) is 17.5. The number of carbonyl (C=O) groups excluding carboxylic acids is 1. The molecule has 1 unspecified atom stereocenters. The lowest BCUT2D eigenvalue weighted by atomic mass is 10.0. The van der Waals surface area contributed by atoms with Gasteiger partial charge in [0.15, 0.2) is 0 Å². The third-order valence-corrected chi connectivity index (χ3v) is 3.87. The molecule has 128 valence electrons. The fraction of sp³-hybridized carbons (Fsp3) is 0.350. The van der Waals surface area contributed by atoms with E-state index in [1.165, 1.54) is 5.56 Å². The van der Waals surface area contributed by atoms with Crippen molar-refractivity contribution in [2.45, 2.75) is 25.8 Å². The number of nitrogens with zero attached hydrogens (tertiary/aromatic N) is 1. The number of hydrogen-bond acceptors (Lipinski definition) is 2. The molecule has 0 aromatic heterocycles. The predicted octanol–water partition coefficient (Wildman–Crippen LogP) is 4.23. The Bertz CT molecular complexity index is 653. The average Bonchev–Trinajstić information content (AvgIpc) is 2.55. The van der Waals surface area contributed by atoms with E-state index in [-0.39, 0.29) is 12.1 Å². The monoisotopic (exact) mass is 325 g/mol. The summed E-state index contributed by atoms with van der Waals surface area (Å²) in [6.07, 6.45) is 0. The van der Waals surface area contributed by atoms with Gasteiger partial charge in [0, 0.05) is 12.2 Å². The molecule has 0 aliphatic heterocycles. The molecule has 4 heteroatoms. The molecule has 0 bridgehead atoms. The highest BCUT2D eigenvalue weighted by Crippen LogP contribution is 2.19. The van der Waals surface area contributed by atoms with Crippen LogP contribution in [0, 0.1) is 0 Å². The lowest BCUT2D eigenvalue weighted by molar-refractivity contribution is 0.244. The van der Waals surface area contributed by atoms with Crippen molar-refractivity contribution in [1.29, 1.82) is 0 Å². The number of likely N-dealkylation sites (N-methyl/N-ethyl adjacent to an activating group) is 1. The molecule has 2 aromatic rings. The standard InChI is InChI=1S/C20H27N3O/c1-15(2)17-11-8-12-18(13-17)21-20(24)22-19(14-23(3)4)16-9-6-5-7-10-16/h5-13,15,19H,14H2,1-4H3,(H2,21,22,24). The number of benzene rings is 2. The first-order chi connectivity index (χ1) is 11.5. The molecular weight excluding hydrogens is 298 g/mol. The largest absolute Gasteiger partial charge is 0.330 e. The van der Waals surface area contributed by atoms with E-state index < -0.39 is 0 Å². The fourth-order valence-corrected chi connectivity index (χ4v) is 2.59. The lowest BCUT2D eigenvalue weighted by Gasteiger charge is -2.23. The summed E-state index contributed by atoms with van der Waals surface area (Å²) in [6.45, 7) is 5.02. The van der Waals surface area contributed by atoms with Crippen molar-refractivity contribution in [2.75, 3.05) is 26.0 Å². The van der Waals surface area contributed by atoms with Crippen LogP contribution >= 0.6 is 0 Å². The number of nitrogens with one attached hydrogen (secondary N) is 2. The van der Waals surface area contributed by atoms with Gasteiger partial charge in [-0.05, 0) is 43.3 Å². The number of hydrogen-bond donors (Lipinski definition) is 2. The Morgan fingerprint density at radius 3 is 2.29 bits per heavy atom. The first-order valence-electron chi connectivity index (χ1n) is 8.33. The lowest BCUT2D eigenvalue weighted by Crippen LogP contribution is -2.37. The number of urea groups is 1. The van der Waals surface area contributed by atoms with Gasteiger partial charge in [0.1, 0.15) is 0 Å². The molecule has 24 heavy (non-hydrogen) atoms. The van der Waals surface area contributed by atoms with Gasteiger partial charge >= 0.3 is 6.03 Å². The third kappa shape index (κ3) is 5.39. The Hall–Kier alpha value is -2.33. The van der Waals surface area contributed by atoms with Gasteiger partial charge in [-0.1, -0.05) is 56.3 Å². The SMILES string of the molecule is CC(C)c1cccc(NC(=O)NC(CN(C)C)c2ccccc2)c1. The Morgan fingerprint density at radius 1 is 1.00 bits per heavy atom. The van der Waals surface area contributed by atoms with E-state index in [0.29, 0.717) is 5.92 Å². The number of amides is 2. The van der Waals surface area contributed by atoms with E-state index in [0.717, 1.165) is 17.8 Å². The number of anilines is 1. The summed E-state index contributed by atoms with van der Waals surface area (Å²) in [6, 6.07) is 17.8. The molecule has 0 fully saturated rings. The summed E-state index contributed by atoms with van der Waals surface area (Å²) in [5.74, 6) is 0.431. The van der Waals surface area contributed by atoms with E-state index in [9.17, 15) is 4.79 Å². The first-order valence-corrected chi connectivity index (χ1v) is 8.33. The van der Waals surface area contributed by atoms with Crippen molar-refractivity contribution in [1.82, 2.24) is 10.2 Å². The van der Waals surface area contributed by atoms with Gasteiger partial charge in [-0.25, -0.2) is 4.79 Å². The van der Waals surface area contributed by atoms with Gasteiger partial charge in [0.05, 0.1) is 6.04 Å². The predicted molar refractivity (Wildman–Crippen MR) is 100 cm³/mol. The summed E-state index contributed by atoms with van der Waals surface area (Å²) < 4.78 is 0. The molecule has 0 saturated carbocycles. The molecule has 0 saturated heterocycles. The van der Waals surface area contributed by atoms with Crippen molar-refractivity contribution in [3.8, 4) is 0 Å². The molecule has 4 nitrogen and oxygen atoms in total. The summed E-state index contributed by atoms with van der Waals surface area (Å²) >= 11 is 0. The molecule has 2 N–H and O–H groups in total.